The lowest BCUT2D eigenvalue weighted by atomic mass is 10.0. The first-order valence-electron chi connectivity index (χ1n) is 8.10. The third-order valence-corrected chi connectivity index (χ3v) is 4.60. The Morgan fingerprint density at radius 3 is 2.86 bits per heavy atom. The van der Waals surface area contributed by atoms with Crippen LogP contribution in [0.5, 0.6) is 5.75 Å². The number of anilines is 1. The van der Waals surface area contributed by atoms with E-state index in [1.807, 2.05) is 25.3 Å². The zero-order chi connectivity index (χ0) is 14.7. The van der Waals surface area contributed by atoms with Crippen LogP contribution in [0.1, 0.15) is 26.2 Å². The maximum absolute atomic E-state index is 6.00. The Morgan fingerprint density at radius 1 is 1.29 bits per heavy atom. The Morgan fingerprint density at radius 2 is 2.10 bits per heavy atom. The Kier molecular flexibility index (Phi) is 4.60. The van der Waals surface area contributed by atoms with Gasteiger partial charge in [0.2, 0.25) is 0 Å². The van der Waals surface area contributed by atoms with Gasteiger partial charge in [0.05, 0.1) is 6.61 Å². The highest BCUT2D eigenvalue weighted by atomic mass is 16.5. The minimum atomic E-state index is 0.402. The zero-order valence-corrected chi connectivity index (χ0v) is 12.9. The molecule has 3 heterocycles. The van der Waals surface area contributed by atoms with E-state index in [-0.39, 0.29) is 0 Å². The molecule has 2 aliphatic heterocycles. The molecule has 0 saturated carbocycles. The van der Waals surface area contributed by atoms with Crippen molar-refractivity contribution in [3.8, 4) is 5.75 Å². The minimum absolute atomic E-state index is 0.402. The highest BCUT2D eigenvalue weighted by molar-refractivity contribution is 5.53. The molecule has 1 unspecified atom stereocenters. The summed E-state index contributed by atoms with van der Waals surface area (Å²) in [7, 11) is 0. The maximum atomic E-state index is 6.00. The average molecular weight is 290 g/mol. The lowest BCUT2D eigenvalue weighted by Gasteiger charge is -2.34. The number of rotatable bonds is 4. The summed E-state index contributed by atoms with van der Waals surface area (Å²) in [5.41, 5.74) is 6.00. The van der Waals surface area contributed by atoms with Gasteiger partial charge in [-0.05, 0) is 51.4 Å². The van der Waals surface area contributed by atoms with E-state index in [4.69, 9.17) is 10.5 Å². The number of nitrogens with two attached hydrogens (primary N) is 1. The van der Waals surface area contributed by atoms with Crippen LogP contribution in [0.2, 0.25) is 0 Å². The fourth-order valence-corrected chi connectivity index (χ4v) is 3.40. The molecule has 1 aromatic heterocycles. The van der Waals surface area contributed by atoms with Crippen LogP contribution in [0.3, 0.4) is 0 Å². The van der Waals surface area contributed by atoms with E-state index in [9.17, 15) is 0 Å². The quantitative estimate of drug-likeness (QED) is 0.910. The summed E-state index contributed by atoms with van der Waals surface area (Å²) < 4.78 is 5.71. The van der Waals surface area contributed by atoms with Gasteiger partial charge in [-0.15, -0.1) is 0 Å². The van der Waals surface area contributed by atoms with Gasteiger partial charge in [-0.3, -0.25) is 4.90 Å². The van der Waals surface area contributed by atoms with Crippen LogP contribution in [-0.4, -0.2) is 54.8 Å². The number of hydrogen-bond donors (Lipinski definition) is 1. The van der Waals surface area contributed by atoms with Gasteiger partial charge in [0.1, 0.15) is 0 Å². The second kappa shape index (κ2) is 6.62. The molecule has 5 nitrogen and oxygen atoms in total. The fourth-order valence-electron chi connectivity index (χ4n) is 3.40. The Labute approximate surface area is 127 Å². The average Bonchev–Trinajstić information content (AvgIpc) is 2.99. The van der Waals surface area contributed by atoms with Crippen LogP contribution >= 0.6 is 0 Å². The second-order valence-corrected chi connectivity index (χ2v) is 6.02. The molecule has 3 rings (SSSR count). The van der Waals surface area contributed by atoms with Crippen molar-refractivity contribution in [3.63, 3.8) is 0 Å². The number of nitrogens with zero attached hydrogens (tertiary/aromatic N) is 3. The summed E-state index contributed by atoms with van der Waals surface area (Å²) in [6, 6.07) is 4.99. The number of aromatic nitrogens is 1. The molecule has 5 heteroatoms. The van der Waals surface area contributed by atoms with Crippen LogP contribution in [0, 0.1) is 0 Å². The maximum Gasteiger partial charge on any atom is 0.171 e. The lowest BCUT2D eigenvalue weighted by Crippen LogP contribution is -2.46. The third kappa shape index (κ3) is 3.30. The molecular weight excluding hydrogens is 264 g/mol. The topological polar surface area (TPSA) is 54.6 Å². The molecule has 21 heavy (non-hydrogen) atoms. The predicted octanol–water partition coefficient (Wildman–Crippen LogP) is 1.48. The number of pyridine rings is 1. The third-order valence-electron chi connectivity index (χ3n) is 4.60. The van der Waals surface area contributed by atoms with E-state index >= 15 is 0 Å². The van der Waals surface area contributed by atoms with E-state index in [1.165, 1.54) is 6.42 Å². The molecule has 1 aromatic rings. The largest absolute Gasteiger partial charge is 0.490 e. The van der Waals surface area contributed by atoms with Crippen molar-refractivity contribution in [1.29, 1.82) is 0 Å². The van der Waals surface area contributed by atoms with Crippen LogP contribution in [0.4, 0.5) is 5.82 Å². The molecule has 116 valence electrons. The van der Waals surface area contributed by atoms with Crippen LogP contribution in [-0.2, 0) is 0 Å². The summed E-state index contributed by atoms with van der Waals surface area (Å²) in [6.07, 6.45) is 5.32. The summed E-state index contributed by atoms with van der Waals surface area (Å²) in [5, 5.41) is 0. The van der Waals surface area contributed by atoms with Crippen molar-refractivity contribution in [2.24, 2.45) is 5.73 Å². The van der Waals surface area contributed by atoms with Crippen molar-refractivity contribution in [2.45, 2.75) is 38.3 Å². The van der Waals surface area contributed by atoms with Crippen molar-refractivity contribution in [1.82, 2.24) is 9.88 Å². The van der Waals surface area contributed by atoms with Gasteiger partial charge in [0, 0.05) is 31.4 Å². The standard InChI is InChI=1S/C16H26N4O/c1-2-21-15-4-3-8-18-16(15)20-11-7-14(12-20)19-9-5-13(17)6-10-19/h3-4,8,13-14H,2,5-7,9-12,17H2,1H3. The van der Waals surface area contributed by atoms with Crippen molar-refractivity contribution in [2.75, 3.05) is 37.7 Å². The van der Waals surface area contributed by atoms with Gasteiger partial charge in [0.25, 0.3) is 0 Å². The molecular formula is C16H26N4O. The van der Waals surface area contributed by atoms with Crippen molar-refractivity contribution >= 4 is 5.82 Å². The van der Waals surface area contributed by atoms with Crippen LogP contribution in [0.15, 0.2) is 18.3 Å². The van der Waals surface area contributed by atoms with Gasteiger partial charge in [-0.1, -0.05) is 0 Å². The normalized spacial score (nSPS) is 24.5. The molecule has 1 atom stereocenters. The molecule has 0 aromatic carbocycles. The number of likely N-dealkylation sites (tertiary alicyclic amines) is 1. The molecule has 2 fully saturated rings. The van der Waals surface area contributed by atoms with Gasteiger partial charge in [-0.25, -0.2) is 4.98 Å². The monoisotopic (exact) mass is 290 g/mol. The molecule has 2 aliphatic rings. The first kappa shape index (κ1) is 14.6. The minimum Gasteiger partial charge on any atom is -0.490 e. The number of piperidine rings is 1. The predicted molar refractivity (Wildman–Crippen MR) is 84.8 cm³/mol. The molecule has 0 bridgehead atoms. The lowest BCUT2D eigenvalue weighted by molar-refractivity contribution is 0.163. The summed E-state index contributed by atoms with van der Waals surface area (Å²) in [5.74, 6) is 1.90. The van der Waals surface area contributed by atoms with Gasteiger partial charge >= 0.3 is 0 Å². The Bertz CT molecular complexity index is 459. The highest BCUT2D eigenvalue weighted by Crippen LogP contribution is 2.30. The molecule has 0 aliphatic carbocycles. The summed E-state index contributed by atoms with van der Waals surface area (Å²) in [4.78, 5) is 9.50. The van der Waals surface area contributed by atoms with Gasteiger partial charge in [0.15, 0.2) is 11.6 Å². The Balaban J connectivity index is 1.64. The highest BCUT2D eigenvalue weighted by Gasteiger charge is 2.31. The second-order valence-electron chi connectivity index (χ2n) is 6.02. The first-order valence-corrected chi connectivity index (χ1v) is 8.10. The molecule has 0 amide bonds. The zero-order valence-electron chi connectivity index (χ0n) is 12.9. The SMILES string of the molecule is CCOc1cccnc1N1CCC(N2CCC(N)CC2)C1. The molecule has 2 saturated heterocycles. The van der Waals surface area contributed by atoms with E-state index in [0.29, 0.717) is 18.7 Å². The summed E-state index contributed by atoms with van der Waals surface area (Å²) in [6.45, 7) is 7.08. The molecule has 2 N–H and O–H groups in total. The fraction of sp³-hybridized carbons (Fsp3) is 0.688. The first-order chi connectivity index (χ1) is 10.3. The molecule has 0 radical (unpaired) electrons. The number of ether oxygens (including phenoxy) is 1. The summed E-state index contributed by atoms with van der Waals surface area (Å²) >= 11 is 0. The van der Waals surface area contributed by atoms with Crippen LogP contribution < -0.4 is 15.4 Å². The number of hydrogen-bond acceptors (Lipinski definition) is 5. The van der Waals surface area contributed by atoms with Crippen molar-refractivity contribution < 1.29 is 4.74 Å². The van der Waals surface area contributed by atoms with Gasteiger partial charge in [-0.2, -0.15) is 0 Å². The van der Waals surface area contributed by atoms with E-state index in [1.54, 1.807) is 0 Å². The van der Waals surface area contributed by atoms with Crippen LogP contribution in [0.25, 0.3) is 0 Å². The van der Waals surface area contributed by atoms with Gasteiger partial charge < -0.3 is 15.4 Å². The Hall–Kier alpha value is -1.33. The van der Waals surface area contributed by atoms with E-state index in [2.05, 4.69) is 14.8 Å². The van der Waals surface area contributed by atoms with Crippen molar-refractivity contribution in [3.05, 3.63) is 18.3 Å². The van der Waals surface area contributed by atoms with E-state index < -0.39 is 0 Å². The molecule has 0 spiro atoms. The smallest absolute Gasteiger partial charge is 0.171 e. The van der Waals surface area contributed by atoms with E-state index in [0.717, 1.165) is 50.6 Å².